The highest BCUT2D eigenvalue weighted by atomic mass is 32.2. The maximum Gasteiger partial charge on any atom is 0.224 e. The Kier molecular flexibility index (Phi) is 5.44. The zero-order valence-electron chi connectivity index (χ0n) is 12.1. The summed E-state index contributed by atoms with van der Waals surface area (Å²) in [6, 6.07) is 12.2. The fourth-order valence-corrected chi connectivity index (χ4v) is 2.57. The van der Waals surface area contributed by atoms with E-state index >= 15 is 0 Å². The van der Waals surface area contributed by atoms with Crippen LogP contribution in [0, 0.1) is 0 Å². The van der Waals surface area contributed by atoms with Crippen LogP contribution in [0.15, 0.2) is 47.5 Å². The van der Waals surface area contributed by atoms with Gasteiger partial charge in [0.2, 0.25) is 5.88 Å². The number of thioether (sulfide) groups is 1. The molecule has 1 aromatic carbocycles. The molecule has 2 aromatic rings. The normalized spacial score (nSPS) is 12.2. The topological polar surface area (TPSA) is 34.2 Å². The van der Waals surface area contributed by atoms with Crippen LogP contribution in [0.4, 0.5) is 0 Å². The fourth-order valence-electron chi connectivity index (χ4n) is 2.04. The van der Waals surface area contributed by atoms with Crippen molar-refractivity contribution in [3.05, 3.63) is 48.2 Å². The van der Waals surface area contributed by atoms with Crippen LogP contribution in [0.25, 0.3) is 0 Å². The number of nitrogens with one attached hydrogen (secondary N) is 1. The van der Waals surface area contributed by atoms with Crippen LogP contribution in [-0.2, 0) is 0 Å². The summed E-state index contributed by atoms with van der Waals surface area (Å²) in [6.45, 7) is 5.13. The molecule has 0 aliphatic carbocycles. The van der Waals surface area contributed by atoms with E-state index in [2.05, 4.69) is 36.3 Å². The highest BCUT2D eigenvalue weighted by Gasteiger charge is 2.13. The Labute approximate surface area is 124 Å². The van der Waals surface area contributed by atoms with Crippen LogP contribution >= 0.6 is 11.8 Å². The quantitative estimate of drug-likeness (QED) is 0.805. The van der Waals surface area contributed by atoms with Gasteiger partial charge in [-0.3, -0.25) is 0 Å². The van der Waals surface area contributed by atoms with E-state index in [1.807, 2.05) is 30.5 Å². The van der Waals surface area contributed by atoms with Crippen molar-refractivity contribution in [3.8, 4) is 11.6 Å². The van der Waals surface area contributed by atoms with Crippen LogP contribution in [0.2, 0.25) is 0 Å². The van der Waals surface area contributed by atoms with Gasteiger partial charge >= 0.3 is 0 Å². The number of pyridine rings is 1. The molecule has 0 aliphatic rings. The number of benzene rings is 1. The molecule has 0 saturated heterocycles. The van der Waals surface area contributed by atoms with Gasteiger partial charge in [0.25, 0.3) is 0 Å². The van der Waals surface area contributed by atoms with E-state index in [-0.39, 0.29) is 6.04 Å². The molecule has 0 spiro atoms. The average molecular weight is 288 g/mol. The minimum Gasteiger partial charge on any atom is -0.438 e. The van der Waals surface area contributed by atoms with Crippen LogP contribution < -0.4 is 10.1 Å². The molecule has 1 aromatic heterocycles. The summed E-state index contributed by atoms with van der Waals surface area (Å²) >= 11 is 1.67. The lowest BCUT2D eigenvalue weighted by Crippen LogP contribution is -2.18. The molecule has 2 rings (SSSR count). The molecule has 1 heterocycles. The number of aromatic nitrogens is 1. The number of ether oxygens (including phenoxy) is 1. The molecule has 0 fully saturated rings. The maximum atomic E-state index is 6.03. The molecule has 1 N–H and O–H groups in total. The van der Waals surface area contributed by atoms with Gasteiger partial charge in [0.1, 0.15) is 5.75 Å². The molecule has 20 heavy (non-hydrogen) atoms. The molecule has 0 bridgehead atoms. The number of rotatable bonds is 6. The third-order valence-electron chi connectivity index (χ3n) is 3.05. The fraction of sp³-hybridized carbons (Fsp3) is 0.312. The average Bonchev–Trinajstić information content (AvgIpc) is 2.48. The van der Waals surface area contributed by atoms with E-state index in [0.29, 0.717) is 5.88 Å². The zero-order valence-corrected chi connectivity index (χ0v) is 12.9. The number of hydrogen-bond acceptors (Lipinski definition) is 4. The van der Waals surface area contributed by atoms with E-state index in [9.17, 15) is 0 Å². The van der Waals surface area contributed by atoms with Crippen molar-refractivity contribution in [1.29, 1.82) is 0 Å². The molecule has 106 valence electrons. The molecule has 0 aliphatic heterocycles. The number of hydrogen-bond donors (Lipinski definition) is 1. The summed E-state index contributed by atoms with van der Waals surface area (Å²) in [4.78, 5) is 5.49. The first-order valence-corrected chi connectivity index (χ1v) is 7.98. The Bertz CT molecular complexity index is 560. The van der Waals surface area contributed by atoms with E-state index in [4.69, 9.17) is 4.74 Å². The lowest BCUT2D eigenvalue weighted by molar-refractivity contribution is 0.435. The van der Waals surface area contributed by atoms with Crippen molar-refractivity contribution in [2.75, 3.05) is 12.8 Å². The van der Waals surface area contributed by atoms with Crippen molar-refractivity contribution >= 4 is 11.8 Å². The third kappa shape index (κ3) is 3.52. The monoisotopic (exact) mass is 288 g/mol. The van der Waals surface area contributed by atoms with Crippen LogP contribution in [0.3, 0.4) is 0 Å². The Balaban J connectivity index is 2.29. The standard InChI is InChI=1S/C16H20N2OS/c1-4-17-12(2)13-8-7-11-18-16(13)19-14-9-5-6-10-15(14)20-3/h5-12,17H,4H2,1-3H3. The number of para-hydroxylation sites is 1. The first-order valence-electron chi connectivity index (χ1n) is 6.75. The van der Waals surface area contributed by atoms with Crippen LogP contribution in [0.1, 0.15) is 25.5 Å². The van der Waals surface area contributed by atoms with Gasteiger partial charge in [-0.1, -0.05) is 25.1 Å². The molecule has 3 nitrogen and oxygen atoms in total. The molecule has 1 unspecified atom stereocenters. The highest BCUT2D eigenvalue weighted by Crippen LogP contribution is 2.33. The van der Waals surface area contributed by atoms with Gasteiger partial charge in [0.15, 0.2) is 0 Å². The van der Waals surface area contributed by atoms with E-state index in [1.165, 1.54) is 0 Å². The molecule has 1 atom stereocenters. The summed E-state index contributed by atoms with van der Waals surface area (Å²) in [6.07, 6.45) is 3.81. The molecule has 0 saturated carbocycles. The Morgan fingerprint density at radius 2 is 2.05 bits per heavy atom. The molecular weight excluding hydrogens is 268 g/mol. The summed E-state index contributed by atoms with van der Waals surface area (Å²) in [7, 11) is 0. The Hall–Kier alpha value is -1.52. The van der Waals surface area contributed by atoms with Gasteiger partial charge in [0.05, 0.1) is 0 Å². The highest BCUT2D eigenvalue weighted by molar-refractivity contribution is 7.98. The van der Waals surface area contributed by atoms with E-state index in [0.717, 1.165) is 22.8 Å². The molecule has 0 amide bonds. The van der Waals surface area contributed by atoms with Crippen molar-refractivity contribution in [2.24, 2.45) is 0 Å². The first-order chi connectivity index (χ1) is 9.76. The minimum absolute atomic E-state index is 0.213. The van der Waals surface area contributed by atoms with Gasteiger partial charge in [-0.05, 0) is 37.9 Å². The van der Waals surface area contributed by atoms with Crippen molar-refractivity contribution in [1.82, 2.24) is 10.3 Å². The maximum absolute atomic E-state index is 6.03. The smallest absolute Gasteiger partial charge is 0.224 e. The van der Waals surface area contributed by atoms with Crippen molar-refractivity contribution in [2.45, 2.75) is 24.8 Å². The van der Waals surface area contributed by atoms with E-state index in [1.54, 1.807) is 18.0 Å². The first kappa shape index (κ1) is 14.9. The van der Waals surface area contributed by atoms with Gasteiger partial charge in [0, 0.05) is 22.7 Å². The van der Waals surface area contributed by atoms with Gasteiger partial charge < -0.3 is 10.1 Å². The van der Waals surface area contributed by atoms with Crippen LogP contribution in [-0.4, -0.2) is 17.8 Å². The predicted octanol–water partition coefficient (Wildman–Crippen LogP) is 4.27. The third-order valence-corrected chi connectivity index (χ3v) is 3.83. The molecule has 4 heteroatoms. The second-order valence-electron chi connectivity index (χ2n) is 4.43. The van der Waals surface area contributed by atoms with Gasteiger partial charge in [-0.25, -0.2) is 4.98 Å². The van der Waals surface area contributed by atoms with Crippen molar-refractivity contribution < 1.29 is 4.74 Å². The molecule has 0 radical (unpaired) electrons. The predicted molar refractivity (Wildman–Crippen MR) is 84.6 cm³/mol. The van der Waals surface area contributed by atoms with Gasteiger partial charge in [-0.15, -0.1) is 11.8 Å². The number of nitrogens with zero attached hydrogens (tertiary/aromatic N) is 1. The summed E-state index contributed by atoms with van der Waals surface area (Å²) in [5.41, 5.74) is 1.07. The Morgan fingerprint density at radius 3 is 2.80 bits per heavy atom. The SMILES string of the molecule is CCNC(C)c1cccnc1Oc1ccccc1SC. The van der Waals surface area contributed by atoms with Gasteiger partial charge in [-0.2, -0.15) is 0 Å². The largest absolute Gasteiger partial charge is 0.438 e. The summed E-state index contributed by atoms with van der Waals surface area (Å²) in [5.74, 6) is 1.52. The summed E-state index contributed by atoms with van der Waals surface area (Å²) < 4.78 is 6.03. The second kappa shape index (κ2) is 7.31. The lowest BCUT2D eigenvalue weighted by Gasteiger charge is -2.17. The minimum atomic E-state index is 0.213. The Morgan fingerprint density at radius 1 is 1.25 bits per heavy atom. The zero-order chi connectivity index (χ0) is 14.4. The van der Waals surface area contributed by atoms with Crippen molar-refractivity contribution in [3.63, 3.8) is 0 Å². The summed E-state index contributed by atoms with van der Waals surface area (Å²) in [5, 5.41) is 3.39. The molecular formula is C16H20N2OS. The second-order valence-corrected chi connectivity index (χ2v) is 5.28. The lowest BCUT2D eigenvalue weighted by atomic mass is 10.1. The van der Waals surface area contributed by atoms with E-state index < -0.39 is 0 Å². The van der Waals surface area contributed by atoms with Crippen LogP contribution in [0.5, 0.6) is 11.6 Å².